The third kappa shape index (κ3) is 6.25. The zero-order valence-corrected chi connectivity index (χ0v) is 21.2. The first-order valence-corrected chi connectivity index (χ1v) is 12.2. The number of anilines is 1. The summed E-state index contributed by atoms with van der Waals surface area (Å²) in [6.07, 6.45) is 2.27. The molecule has 0 aromatic heterocycles. The van der Waals surface area contributed by atoms with Gasteiger partial charge in [-0.05, 0) is 67.9 Å². The zero-order valence-electron chi connectivity index (χ0n) is 18.9. The minimum absolute atomic E-state index is 0.0593. The lowest BCUT2D eigenvalue weighted by molar-refractivity contribution is -0.127. The fourth-order valence-electron chi connectivity index (χ4n) is 3.02. The molecule has 2 aromatic rings. The zero-order chi connectivity index (χ0) is 24.8. The average molecular weight is 523 g/mol. The molecule has 1 heterocycles. The molecule has 1 N–H and O–H groups in total. The van der Waals surface area contributed by atoms with Crippen LogP contribution >= 0.6 is 35.0 Å². The lowest BCUT2D eigenvalue weighted by atomic mass is 10.1. The molecule has 7 nitrogen and oxygen atoms in total. The van der Waals surface area contributed by atoms with E-state index in [4.69, 9.17) is 32.7 Å². The van der Waals surface area contributed by atoms with Crippen molar-refractivity contribution >= 4 is 63.8 Å². The fraction of sp³-hybridized carbons (Fsp3) is 0.292. The van der Waals surface area contributed by atoms with Gasteiger partial charge in [-0.1, -0.05) is 42.3 Å². The Hall–Kier alpha value is -2.68. The maximum Gasteiger partial charge on any atom is 0.294 e. The summed E-state index contributed by atoms with van der Waals surface area (Å²) in [6, 6.07) is 10.0. The smallest absolute Gasteiger partial charge is 0.294 e. The van der Waals surface area contributed by atoms with E-state index >= 15 is 0 Å². The summed E-state index contributed by atoms with van der Waals surface area (Å²) in [7, 11) is 0. The van der Waals surface area contributed by atoms with Crippen molar-refractivity contribution in [1.82, 2.24) is 4.90 Å². The minimum atomic E-state index is -0.571. The van der Waals surface area contributed by atoms with Crippen LogP contribution in [0.5, 0.6) is 11.5 Å². The molecule has 180 valence electrons. The molecule has 3 amide bonds. The summed E-state index contributed by atoms with van der Waals surface area (Å²) in [5.74, 6) is -0.234. The molecule has 2 aromatic carbocycles. The van der Waals surface area contributed by atoms with Crippen molar-refractivity contribution in [1.29, 1.82) is 0 Å². The summed E-state index contributed by atoms with van der Waals surface area (Å²) in [5.41, 5.74) is 0.963. The van der Waals surface area contributed by atoms with Crippen molar-refractivity contribution in [2.24, 2.45) is 0 Å². The number of rotatable bonds is 9. The Balaban J connectivity index is 1.78. The Morgan fingerprint density at radius 1 is 1.18 bits per heavy atom. The minimum Gasteiger partial charge on any atom is -0.490 e. The SMILES string of the molecule is CCOc1cc(/C=C2/SC(=O)N(CC(=O)Nc3ccccc3Cl)C2=O)cc(Cl)c1O[C@H](C)CC. The lowest BCUT2D eigenvalue weighted by Gasteiger charge is -2.18. The molecular formula is C24H24Cl2N2O5S. The first kappa shape index (κ1) is 25.9. The van der Waals surface area contributed by atoms with Crippen LogP contribution in [0.1, 0.15) is 32.8 Å². The molecule has 3 rings (SSSR count). The van der Waals surface area contributed by atoms with Crippen LogP contribution in [0.15, 0.2) is 41.3 Å². The Morgan fingerprint density at radius 3 is 2.59 bits per heavy atom. The number of amides is 3. The monoisotopic (exact) mass is 522 g/mol. The van der Waals surface area contributed by atoms with Gasteiger partial charge in [0.05, 0.1) is 33.3 Å². The quantitative estimate of drug-likeness (QED) is 0.392. The predicted molar refractivity (Wildman–Crippen MR) is 136 cm³/mol. The summed E-state index contributed by atoms with van der Waals surface area (Å²) in [5, 5.41) is 2.75. The van der Waals surface area contributed by atoms with Crippen LogP contribution in [-0.2, 0) is 9.59 Å². The van der Waals surface area contributed by atoms with E-state index in [9.17, 15) is 14.4 Å². The van der Waals surface area contributed by atoms with Crippen molar-refractivity contribution in [2.75, 3.05) is 18.5 Å². The highest BCUT2D eigenvalue weighted by molar-refractivity contribution is 8.18. The molecule has 34 heavy (non-hydrogen) atoms. The van der Waals surface area contributed by atoms with E-state index < -0.39 is 23.6 Å². The Morgan fingerprint density at radius 2 is 1.91 bits per heavy atom. The molecule has 1 fully saturated rings. The predicted octanol–water partition coefficient (Wildman–Crippen LogP) is 6.24. The van der Waals surface area contributed by atoms with Crippen LogP contribution in [0.4, 0.5) is 10.5 Å². The molecule has 0 bridgehead atoms. The first-order chi connectivity index (χ1) is 16.2. The molecule has 10 heteroatoms. The van der Waals surface area contributed by atoms with Gasteiger partial charge in [0.25, 0.3) is 11.1 Å². The first-order valence-electron chi connectivity index (χ1n) is 10.7. The second-order valence-corrected chi connectivity index (χ2v) is 9.20. The normalized spacial score (nSPS) is 15.6. The van der Waals surface area contributed by atoms with E-state index in [2.05, 4.69) is 5.32 Å². The molecule has 1 atom stereocenters. The number of benzene rings is 2. The molecular weight excluding hydrogens is 499 g/mol. The highest BCUT2D eigenvalue weighted by Crippen LogP contribution is 2.40. The summed E-state index contributed by atoms with van der Waals surface area (Å²) in [4.78, 5) is 38.7. The van der Waals surface area contributed by atoms with Crippen LogP contribution in [-0.4, -0.2) is 41.2 Å². The lowest BCUT2D eigenvalue weighted by Crippen LogP contribution is -2.36. The van der Waals surface area contributed by atoms with Crippen molar-refractivity contribution < 1.29 is 23.9 Å². The second-order valence-electron chi connectivity index (χ2n) is 7.40. The van der Waals surface area contributed by atoms with E-state index in [1.54, 1.807) is 36.4 Å². The van der Waals surface area contributed by atoms with Gasteiger partial charge < -0.3 is 14.8 Å². The molecule has 1 aliphatic heterocycles. The number of nitrogens with zero attached hydrogens (tertiary/aromatic N) is 1. The van der Waals surface area contributed by atoms with Crippen molar-refractivity contribution in [3.63, 3.8) is 0 Å². The number of nitrogens with one attached hydrogen (secondary N) is 1. The van der Waals surface area contributed by atoms with Gasteiger partial charge in [-0.15, -0.1) is 0 Å². The Kier molecular flexibility index (Phi) is 8.88. The van der Waals surface area contributed by atoms with Crippen LogP contribution in [0, 0.1) is 0 Å². The maximum absolute atomic E-state index is 12.8. The van der Waals surface area contributed by atoms with Gasteiger partial charge in [-0.3, -0.25) is 19.3 Å². The molecule has 1 saturated heterocycles. The molecule has 0 spiro atoms. The van der Waals surface area contributed by atoms with Crippen molar-refractivity contribution in [3.8, 4) is 11.5 Å². The third-order valence-electron chi connectivity index (χ3n) is 4.85. The van der Waals surface area contributed by atoms with Crippen molar-refractivity contribution in [3.05, 3.63) is 56.9 Å². The number of hydrogen-bond acceptors (Lipinski definition) is 6. The van der Waals surface area contributed by atoms with Crippen LogP contribution in [0.3, 0.4) is 0 Å². The van der Waals surface area contributed by atoms with Gasteiger partial charge in [-0.25, -0.2) is 0 Å². The number of carbonyl (C=O) groups is 3. The highest BCUT2D eigenvalue weighted by atomic mass is 35.5. The molecule has 1 aliphatic rings. The summed E-state index contributed by atoms with van der Waals surface area (Å²) in [6.45, 7) is 5.73. The van der Waals surface area contributed by atoms with E-state index in [1.165, 1.54) is 6.08 Å². The highest BCUT2D eigenvalue weighted by Gasteiger charge is 2.36. The number of carbonyl (C=O) groups excluding carboxylic acids is 3. The molecule has 0 aliphatic carbocycles. The number of thioether (sulfide) groups is 1. The maximum atomic E-state index is 12.8. The van der Waals surface area contributed by atoms with E-state index in [0.29, 0.717) is 39.4 Å². The van der Waals surface area contributed by atoms with Gasteiger partial charge >= 0.3 is 0 Å². The van der Waals surface area contributed by atoms with Crippen LogP contribution < -0.4 is 14.8 Å². The number of imide groups is 1. The van der Waals surface area contributed by atoms with Gasteiger partial charge in [-0.2, -0.15) is 0 Å². The van der Waals surface area contributed by atoms with E-state index in [0.717, 1.165) is 23.1 Å². The largest absolute Gasteiger partial charge is 0.490 e. The van der Waals surface area contributed by atoms with E-state index in [-0.39, 0.29) is 11.0 Å². The van der Waals surface area contributed by atoms with Crippen LogP contribution in [0.25, 0.3) is 6.08 Å². The van der Waals surface area contributed by atoms with Gasteiger partial charge in [0.2, 0.25) is 5.91 Å². The topological polar surface area (TPSA) is 84.9 Å². The number of halogens is 2. The number of hydrogen-bond donors (Lipinski definition) is 1. The summed E-state index contributed by atoms with van der Waals surface area (Å²) < 4.78 is 11.6. The standard InChI is InChI=1S/C24H24Cl2N2O5S/c1-4-14(3)33-22-17(26)10-15(11-19(22)32-5-2)12-20-23(30)28(24(31)34-20)13-21(29)27-18-9-7-6-8-16(18)25/h6-12,14H,4-5,13H2,1-3H3,(H,27,29)/b20-12+/t14-/m1/s1. The average Bonchev–Trinajstić information content (AvgIpc) is 3.05. The summed E-state index contributed by atoms with van der Waals surface area (Å²) >= 11 is 13.2. The fourth-order valence-corrected chi connectivity index (χ4v) is 4.30. The van der Waals surface area contributed by atoms with Gasteiger partial charge in [0.15, 0.2) is 11.5 Å². The number of ether oxygens (including phenoxy) is 2. The second kappa shape index (κ2) is 11.6. The van der Waals surface area contributed by atoms with E-state index in [1.807, 2.05) is 20.8 Å². The Labute approximate surface area is 212 Å². The molecule has 0 saturated carbocycles. The van der Waals surface area contributed by atoms with Crippen molar-refractivity contribution in [2.45, 2.75) is 33.3 Å². The number of para-hydroxylation sites is 1. The van der Waals surface area contributed by atoms with Gasteiger partial charge in [0.1, 0.15) is 6.54 Å². The molecule has 0 radical (unpaired) electrons. The van der Waals surface area contributed by atoms with Gasteiger partial charge in [0, 0.05) is 0 Å². The Bertz CT molecular complexity index is 1140. The third-order valence-corrected chi connectivity index (χ3v) is 6.36. The molecule has 0 unspecified atom stereocenters. The van der Waals surface area contributed by atoms with Crippen LogP contribution in [0.2, 0.25) is 10.0 Å².